The molecular weight excluding hydrogens is 280 g/mol. The molecule has 3 heterocycles. The molecule has 1 saturated carbocycles. The molecule has 4 rings (SSSR count). The minimum atomic E-state index is -0.325. The van der Waals surface area contributed by atoms with Crippen molar-refractivity contribution in [3.63, 3.8) is 0 Å². The first-order chi connectivity index (χ1) is 10.8. The van der Waals surface area contributed by atoms with E-state index < -0.39 is 0 Å². The van der Waals surface area contributed by atoms with E-state index in [0.717, 1.165) is 50.8 Å². The maximum Gasteiger partial charge on any atom is 0.171 e. The molecule has 0 bridgehead atoms. The molecule has 1 N–H and O–H groups in total. The predicted octanol–water partition coefficient (Wildman–Crippen LogP) is 2.17. The second-order valence-electron chi connectivity index (χ2n) is 6.48. The third-order valence-corrected chi connectivity index (χ3v) is 5.02. The Labute approximate surface area is 131 Å². The number of hydrogen-bond donors (Lipinski definition) is 1. The number of aromatic nitrogens is 2. The highest BCUT2D eigenvalue weighted by Gasteiger charge is 2.40. The minimum Gasteiger partial charge on any atom is -0.367 e. The zero-order valence-corrected chi connectivity index (χ0v) is 13.0. The van der Waals surface area contributed by atoms with Gasteiger partial charge in [-0.25, -0.2) is 9.97 Å². The van der Waals surface area contributed by atoms with Crippen LogP contribution >= 0.6 is 0 Å². The Kier molecular flexibility index (Phi) is 3.88. The maximum atomic E-state index is 5.78. The third-order valence-electron chi connectivity index (χ3n) is 5.02. The van der Waals surface area contributed by atoms with Gasteiger partial charge in [0.2, 0.25) is 0 Å². The highest BCUT2D eigenvalue weighted by molar-refractivity contribution is 5.49. The largest absolute Gasteiger partial charge is 0.367 e. The van der Waals surface area contributed by atoms with Crippen molar-refractivity contribution < 1.29 is 9.47 Å². The van der Waals surface area contributed by atoms with Gasteiger partial charge in [0, 0.05) is 38.0 Å². The van der Waals surface area contributed by atoms with Crippen molar-refractivity contribution in [1.29, 1.82) is 0 Å². The van der Waals surface area contributed by atoms with E-state index in [9.17, 15) is 0 Å². The molecule has 1 aliphatic carbocycles. The van der Waals surface area contributed by atoms with Crippen molar-refractivity contribution in [2.24, 2.45) is 0 Å². The van der Waals surface area contributed by atoms with E-state index in [2.05, 4.69) is 26.3 Å². The zero-order valence-electron chi connectivity index (χ0n) is 13.0. The topological polar surface area (TPSA) is 59.5 Å². The molecule has 6 heteroatoms. The Morgan fingerprint density at radius 2 is 1.82 bits per heavy atom. The SMILES string of the molecule is c1nc(NC2CCCC2)cc(N2CCC3(CC2)OCCO3)n1. The van der Waals surface area contributed by atoms with Crippen molar-refractivity contribution in [3.8, 4) is 0 Å². The van der Waals surface area contributed by atoms with Gasteiger partial charge in [-0.15, -0.1) is 0 Å². The number of nitrogens with zero attached hydrogens (tertiary/aromatic N) is 3. The van der Waals surface area contributed by atoms with E-state index in [0.29, 0.717) is 6.04 Å². The van der Waals surface area contributed by atoms with Gasteiger partial charge in [0.25, 0.3) is 0 Å². The van der Waals surface area contributed by atoms with Gasteiger partial charge in [-0.3, -0.25) is 0 Å². The molecule has 3 aliphatic rings. The second kappa shape index (κ2) is 6.01. The summed E-state index contributed by atoms with van der Waals surface area (Å²) in [7, 11) is 0. The summed E-state index contributed by atoms with van der Waals surface area (Å²) in [5.41, 5.74) is 0. The molecule has 120 valence electrons. The normalized spacial score (nSPS) is 25.0. The first-order valence-electron chi connectivity index (χ1n) is 8.44. The van der Waals surface area contributed by atoms with Crippen LogP contribution in [0, 0.1) is 0 Å². The van der Waals surface area contributed by atoms with Crippen LogP contribution in [0.4, 0.5) is 11.6 Å². The van der Waals surface area contributed by atoms with Crippen LogP contribution in [0.2, 0.25) is 0 Å². The highest BCUT2D eigenvalue weighted by Crippen LogP contribution is 2.33. The van der Waals surface area contributed by atoms with Crippen molar-refractivity contribution in [2.45, 2.75) is 50.4 Å². The fraction of sp³-hybridized carbons (Fsp3) is 0.750. The van der Waals surface area contributed by atoms with Crippen LogP contribution in [0.15, 0.2) is 12.4 Å². The number of anilines is 2. The molecule has 1 spiro atoms. The molecule has 0 radical (unpaired) electrons. The van der Waals surface area contributed by atoms with Gasteiger partial charge < -0.3 is 19.7 Å². The van der Waals surface area contributed by atoms with Crippen molar-refractivity contribution in [1.82, 2.24) is 9.97 Å². The lowest BCUT2D eigenvalue weighted by Gasteiger charge is -2.38. The van der Waals surface area contributed by atoms with E-state index in [1.165, 1.54) is 25.7 Å². The molecule has 0 aromatic carbocycles. The number of hydrogen-bond acceptors (Lipinski definition) is 6. The average Bonchev–Trinajstić information content (AvgIpc) is 3.21. The van der Waals surface area contributed by atoms with Crippen LogP contribution in [-0.4, -0.2) is 48.1 Å². The van der Waals surface area contributed by atoms with Crippen LogP contribution in [0.25, 0.3) is 0 Å². The van der Waals surface area contributed by atoms with E-state index in [-0.39, 0.29) is 5.79 Å². The molecular formula is C16H24N4O2. The Morgan fingerprint density at radius 1 is 1.09 bits per heavy atom. The molecule has 22 heavy (non-hydrogen) atoms. The summed E-state index contributed by atoms with van der Waals surface area (Å²) in [5.74, 6) is 1.63. The Morgan fingerprint density at radius 3 is 2.55 bits per heavy atom. The molecule has 1 aromatic rings. The van der Waals surface area contributed by atoms with Crippen LogP contribution in [0.5, 0.6) is 0 Å². The number of piperidine rings is 1. The second-order valence-corrected chi connectivity index (χ2v) is 6.48. The quantitative estimate of drug-likeness (QED) is 0.923. The standard InChI is InChI=1S/C16H24N4O2/c1-2-4-13(3-1)19-14-11-15(18-12-17-14)20-7-5-16(6-8-20)21-9-10-22-16/h11-13H,1-10H2,(H,17,18,19). The molecule has 1 aromatic heterocycles. The van der Waals surface area contributed by atoms with Gasteiger partial charge in [0.1, 0.15) is 18.0 Å². The lowest BCUT2D eigenvalue weighted by atomic mass is 10.0. The summed E-state index contributed by atoms with van der Waals surface area (Å²) in [6.07, 6.45) is 8.62. The van der Waals surface area contributed by atoms with Crippen molar-refractivity contribution in [3.05, 3.63) is 12.4 Å². The predicted molar refractivity (Wildman–Crippen MR) is 84.0 cm³/mol. The Bertz CT molecular complexity index is 503. The van der Waals surface area contributed by atoms with Gasteiger partial charge in [-0.2, -0.15) is 0 Å². The first kappa shape index (κ1) is 14.2. The maximum absolute atomic E-state index is 5.78. The van der Waals surface area contributed by atoms with Crippen LogP contribution in [0.3, 0.4) is 0 Å². The third kappa shape index (κ3) is 2.90. The molecule has 0 unspecified atom stereocenters. The molecule has 3 fully saturated rings. The number of rotatable bonds is 3. The van der Waals surface area contributed by atoms with E-state index in [1.54, 1.807) is 6.33 Å². The van der Waals surface area contributed by atoms with E-state index in [4.69, 9.17) is 9.47 Å². The molecule has 6 nitrogen and oxygen atoms in total. The lowest BCUT2D eigenvalue weighted by molar-refractivity contribution is -0.169. The van der Waals surface area contributed by atoms with Gasteiger partial charge in [0.05, 0.1) is 13.2 Å². The highest BCUT2D eigenvalue weighted by atomic mass is 16.7. The van der Waals surface area contributed by atoms with Gasteiger partial charge in [0.15, 0.2) is 5.79 Å². The average molecular weight is 304 g/mol. The lowest BCUT2D eigenvalue weighted by Crippen LogP contribution is -2.45. The Hall–Kier alpha value is -1.40. The van der Waals surface area contributed by atoms with Gasteiger partial charge in [-0.1, -0.05) is 12.8 Å². The summed E-state index contributed by atoms with van der Waals surface area (Å²) in [5, 5.41) is 3.54. The molecule has 2 aliphatic heterocycles. The number of nitrogens with one attached hydrogen (secondary N) is 1. The minimum absolute atomic E-state index is 0.325. The summed E-state index contributed by atoms with van der Waals surface area (Å²) in [4.78, 5) is 11.1. The van der Waals surface area contributed by atoms with E-state index in [1.807, 2.05) is 0 Å². The molecule has 2 saturated heterocycles. The van der Waals surface area contributed by atoms with Crippen LogP contribution < -0.4 is 10.2 Å². The molecule has 0 amide bonds. The fourth-order valence-electron chi connectivity index (χ4n) is 3.74. The zero-order chi connectivity index (χ0) is 14.8. The summed E-state index contributed by atoms with van der Waals surface area (Å²) in [6, 6.07) is 2.65. The van der Waals surface area contributed by atoms with Gasteiger partial charge >= 0.3 is 0 Å². The Balaban J connectivity index is 1.40. The smallest absolute Gasteiger partial charge is 0.171 e. The monoisotopic (exact) mass is 304 g/mol. The van der Waals surface area contributed by atoms with Crippen LogP contribution in [-0.2, 0) is 9.47 Å². The van der Waals surface area contributed by atoms with Crippen molar-refractivity contribution >= 4 is 11.6 Å². The summed E-state index contributed by atoms with van der Waals surface area (Å²) < 4.78 is 11.6. The summed E-state index contributed by atoms with van der Waals surface area (Å²) >= 11 is 0. The fourth-order valence-corrected chi connectivity index (χ4v) is 3.74. The van der Waals surface area contributed by atoms with Crippen molar-refractivity contribution in [2.75, 3.05) is 36.5 Å². The summed E-state index contributed by atoms with van der Waals surface area (Å²) in [6.45, 7) is 3.28. The van der Waals surface area contributed by atoms with Gasteiger partial charge in [-0.05, 0) is 12.8 Å². The first-order valence-corrected chi connectivity index (χ1v) is 8.44. The molecule has 0 atom stereocenters. The number of ether oxygens (including phenoxy) is 2. The van der Waals surface area contributed by atoms with E-state index >= 15 is 0 Å². The van der Waals surface area contributed by atoms with Crippen LogP contribution in [0.1, 0.15) is 38.5 Å².